The Bertz CT molecular complexity index is 71.6. The van der Waals surface area contributed by atoms with Crippen LogP contribution in [0.1, 0.15) is 6.92 Å². The van der Waals surface area contributed by atoms with Crippen molar-refractivity contribution in [3.05, 3.63) is 6.08 Å². The summed E-state index contributed by atoms with van der Waals surface area (Å²) < 4.78 is 0. The van der Waals surface area contributed by atoms with E-state index in [2.05, 4.69) is 12.6 Å². The molecule has 0 fully saturated rings. The normalized spacial score (nSPS) is 12.3. The van der Waals surface area contributed by atoms with Crippen LogP contribution < -0.4 is 0 Å². The molecule has 0 spiro atoms. The van der Waals surface area contributed by atoms with E-state index in [9.17, 15) is 4.79 Å². The zero-order chi connectivity index (χ0) is 4.99. The monoisotopic (exact) mass is 101 g/mol. The summed E-state index contributed by atoms with van der Waals surface area (Å²) >= 11 is 4.56. The van der Waals surface area contributed by atoms with Crippen LogP contribution in [-0.2, 0) is 17.4 Å². The molecule has 0 saturated heterocycles. The number of carbonyl (C=O) groups excluding carboxylic acids is 1. The Labute approximate surface area is 42.5 Å². The van der Waals surface area contributed by atoms with Crippen molar-refractivity contribution in [1.29, 1.82) is 0 Å². The fraction of sp³-hybridized carbons (Fsp3) is 0.500. The smallest absolute Gasteiger partial charge is 0.118 e. The second kappa shape index (κ2) is 3.01. The van der Waals surface area contributed by atoms with Crippen molar-refractivity contribution < 1.29 is 4.79 Å². The molecule has 0 aromatic rings. The standard InChI is InChI=1S/C4H6OS/c1-4(6)2-3-5/h2,4,6H,1H3/p-1. The summed E-state index contributed by atoms with van der Waals surface area (Å²) in [5.74, 6) is 1.59. The van der Waals surface area contributed by atoms with Gasteiger partial charge in [-0.2, -0.15) is 0 Å². The van der Waals surface area contributed by atoms with E-state index in [1.807, 2.05) is 0 Å². The van der Waals surface area contributed by atoms with E-state index in [0.29, 0.717) is 0 Å². The molecule has 0 amide bonds. The van der Waals surface area contributed by atoms with Crippen LogP contribution in [0.15, 0.2) is 6.08 Å². The lowest BCUT2D eigenvalue weighted by Gasteiger charge is -2.03. The third-order valence-electron chi connectivity index (χ3n) is 0.303. The van der Waals surface area contributed by atoms with Crippen LogP contribution in [0.5, 0.6) is 0 Å². The van der Waals surface area contributed by atoms with Crippen molar-refractivity contribution in [2.45, 2.75) is 12.2 Å². The van der Waals surface area contributed by atoms with Gasteiger partial charge < -0.3 is 12.6 Å². The molecule has 0 aromatic carbocycles. The lowest BCUT2D eigenvalue weighted by atomic mass is 10.5. The molecule has 1 atom stereocenters. The van der Waals surface area contributed by atoms with Gasteiger partial charge in [0.05, 0.1) is 0 Å². The molecular weight excluding hydrogens is 96.1 g/mol. The Kier molecular flexibility index (Phi) is 2.91. The highest BCUT2D eigenvalue weighted by molar-refractivity contribution is 7.59. The zero-order valence-corrected chi connectivity index (χ0v) is 4.29. The molecule has 0 rings (SSSR count). The first-order valence-corrected chi connectivity index (χ1v) is 2.11. The van der Waals surface area contributed by atoms with Crippen LogP contribution in [0.25, 0.3) is 0 Å². The van der Waals surface area contributed by atoms with Crippen LogP contribution in [0.3, 0.4) is 0 Å². The van der Waals surface area contributed by atoms with Gasteiger partial charge in [0.2, 0.25) is 0 Å². The van der Waals surface area contributed by atoms with E-state index in [-0.39, 0.29) is 5.25 Å². The fourth-order valence-electron chi connectivity index (χ4n) is 0.0958. The molecule has 1 nitrogen and oxygen atoms in total. The van der Waals surface area contributed by atoms with Crippen LogP contribution in [-0.4, -0.2) is 11.2 Å². The molecule has 0 N–H and O–H groups in total. The molecular formula is C4H5OS-. The molecule has 0 saturated carbocycles. The van der Waals surface area contributed by atoms with Crippen LogP contribution in [0, 0.1) is 0 Å². The van der Waals surface area contributed by atoms with E-state index in [1.165, 1.54) is 6.08 Å². The molecule has 0 aliphatic carbocycles. The summed E-state index contributed by atoms with van der Waals surface area (Å²) in [4.78, 5) is 9.37. The lowest BCUT2D eigenvalue weighted by molar-refractivity contribution is 0.568. The third-order valence-corrected chi connectivity index (χ3v) is 0.439. The van der Waals surface area contributed by atoms with Crippen molar-refractivity contribution >= 4 is 18.6 Å². The lowest BCUT2D eigenvalue weighted by Crippen LogP contribution is -1.86. The van der Waals surface area contributed by atoms with Gasteiger partial charge in [-0.25, -0.2) is 4.79 Å². The van der Waals surface area contributed by atoms with Gasteiger partial charge in [-0.05, 0) is 6.08 Å². The van der Waals surface area contributed by atoms with Gasteiger partial charge >= 0.3 is 0 Å². The molecule has 2 heteroatoms. The Hall–Kier alpha value is -0.200. The van der Waals surface area contributed by atoms with E-state index >= 15 is 0 Å². The van der Waals surface area contributed by atoms with Crippen molar-refractivity contribution in [1.82, 2.24) is 0 Å². The van der Waals surface area contributed by atoms with Crippen molar-refractivity contribution in [3.8, 4) is 0 Å². The van der Waals surface area contributed by atoms with Gasteiger partial charge in [-0.3, -0.25) is 0 Å². The maximum absolute atomic E-state index is 9.37. The Morgan fingerprint density at radius 1 is 2.00 bits per heavy atom. The van der Waals surface area contributed by atoms with Gasteiger partial charge in [-0.15, -0.1) is 5.25 Å². The molecule has 0 radical (unpaired) electrons. The highest BCUT2D eigenvalue weighted by Crippen LogP contribution is 1.75. The van der Waals surface area contributed by atoms with Gasteiger partial charge in [0.25, 0.3) is 0 Å². The summed E-state index contributed by atoms with van der Waals surface area (Å²) in [6.07, 6.45) is 1.30. The molecule has 6 heavy (non-hydrogen) atoms. The van der Waals surface area contributed by atoms with Gasteiger partial charge in [0.15, 0.2) is 0 Å². The topological polar surface area (TPSA) is 17.1 Å². The summed E-state index contributed by atoms with van der Waals surface area (Å²) in [7, 11) is 0. The molecule has 0 heterocycles. The first-order chi connectivity index (χ1) is 2.77. The molecule has 1 unspecified atom stereocenters. The van der Waals surface area contributed by atoms with E-state index in [1.54, 1.807) is 12.9 Å². The first-order valence-electron chi connectivity index (χ1n) is 1.64. The fourth-order valence-corrected chi connectivity index (χ4v) is 0.151. The number of hydrogen-bond acceptors (Lipinski definition) is 2. The predicted molar refractivity (Wildman–Crippen MR) is 27.1 cm³/mol. The summed E-state index contributed by atoms with van der Waals surface area (Å²) in [5.41, 5.74) is 0. The van der Waals surface area contributed by atoms with Gasteiger partial charge in [0, 0.05) is 0 Å². The third kappa shape index (κ3) is 3.80. The molecule has 0 bridgehead atoms. The van der Waals surface area contributed by atoms with Crippen molar-refractivity contribution in [2.75, 3.05) is 0 Å². The predicted octanol–water partition coefficient (Wildman–Crippen LogP) is 0.310. The second-order valence-electron chi connectivity index (χ2n) is 0.990. The Morgan fingerprint density at radius 2 is 2.50 bits per heavy atom. The Morgan fingerprint density at radius 3 is 2.50 bits per heavy atom. The van der Waals surface area contributed by atoms with Crippen LogP contribution in [0.2, 0.25) is 0 Å². The van der Waals surface area contributed by atoms with E-state index in [4.69, 9.17) is 0 Å². The van der Waals surface area contributed by atoms with Crippen LogP contribution in [0.4, 0.5) is 0 Å². The quantitative estimate of drug-likeness (QED) is 0.349. The molecule has 34 valence electrons. The molecule has 0 aliphatic heterocycles. The maximum Gasteiger partial charge on any atom is 0.118 e. The average Bonchev–Trinajstić information content (AvgIpc) is 1.35. The minimum Gasteiger partial charge on any atom is -0.785 e. The maximum atomic E-state index is 9.37. The molecule has 0 aromatic heterocycles. The highest BCUT2D eigenvalue weighted by Gasteiger charge is 1.65. The van der Waals surface area contributed by atoms with Crippen molar-refractivity contribution in [2.24, 2.45) is 0 Å². The van der Waals surface area contributed by atoms with Crippen molar-refractivity contribution in [3.63, 3.8) is 0 Å². The van der Waals surface area contributed by atoms with Gasteiger partial charge in [0.1, 0.15) is 5.94 Å². The minimum atomic E-state index is -0.0671. The van der Waals surface area contributed by atoms with Gasteiger partial charge in [-0.1, -0.05) is 6.92 Å². The minimum absolute atomic E-state index is 0.0671. The summed E-state index contributed by atoms with van der Waals surface area (Å²) in [6.45, 7) is 1.75. The summed E-state index contributed by atoms with van der Waals surface area (Å²) in [6, 6.07) is 0. The summed E-state index contributed by atoms with van der Waals surface area (Å²) in [5, 5.41) is -0.0671. The first kappa shape index (κ1) is 5.80. The highest BCUT2D eigenvalue weighted by atomic mass is 32.1. The van der Waals surface area contributed by atoms with E-state index < -0.39 is 0 Å². The van der Waals surface area contributed by atoms with Crippen LogP contribution >= 0.6 is 0 Å². The second-order valence-corrected chi connectivity index (χ2v) is 1.73. The number of hydrogen-bond donors (Lipinski definition) is 0. The Balaban J connectivity index is 3.29. The molecule has 0 aliphatic rings. The zero-order valence-electron chi connectivity index (χ0n) is 3.47. The SMILES string of the molecule is CC([S-])C=C=O. The largest absolute Gasteiger partial charge is 0.785 e. The van der Waals surface area contributed by atoms with E-state index in [0.717, 1.165) is 0 Å². The average molecular weight is 101 g/mol. The number of rotatable bonds is 1.